The van der Waals surface area contributed by atoms with Crippen LogP contribution >= 0.6 is 0 Å². The zero-order valence-corrected chi connectivity index (χ0v) is 19.4. The fourth-order valence-corrected chi connectivity index (χ4v) is 4.65. The molecule has 0 bridgehead atoms. The smallest absolute Gasteiger partial charge is 0.252 e. The van der Waals surface area contributed by atoms with E-state index in [-0.39, 0.29) is 24.8 Å². The lowest BCUT2D eigenvalue weighted by atomic mass is 9.90. The average Bonchev–Trinajstić information content (AvgIpc) is 3.23. The molecule has 10 heteroatoms. The zero-order chi connectivity index (χ0) is 25.1. The minimum atomic E-state index is -1.15. The average molecular weight is 487 g/mol. The normalized spacial score (nSPS) is 18.6. The van der Waals surface area contributed by atoms with Gasteiger partial charge in [-0.1, -0.05) is 19.1 Å². The van der Waals surface area contributed by atoms with Gasteiger partial charge in [-0.05, 0) is 54.2 Å². The highest BCUT2D eigenvalue weighted by Crippen LogP contribution is 2.37. The number of nitrogens with zero attached hydrogens (tertiary/aromatic N) is 1. The molecule has 1 saturated heterocycles. The Morgan fingerprint density at radius 3 is 2.49 bits per heavy atom. The van der Waals surface area contributed by atoms with Crippen molar-refractivity contribution in [1.82, 2.24) is 10.2 Å². The molecule has 0 radical (unpaired) electrons. The Morgan fingerprint density at radius 2 is 1.83 bits per heavy atom. The molecule has 35 heavy (non-hydrogen) atoms. The summed E-state index contributed by atoms with van der Waals surface area (Å²) >= 11 is 0. The summed E-state index contributed by atoms with van der Waals surface area (Å²) in [6, 6.07) is 6.15. The van der Waals surface area contributed by atoms with Gasteiger partial charge in [-0.2, -0.15) is 0 Å². The second kappa shape index (κ2) is 10.4. The van der Waals surface area contributed by atoms with E-state index in [1.54, 1.807) is 25.1 Å². The molecule has 2 aliphatic rings. The number of hydrogen-bond donors (Lipinski definition) is 3. The number of hydrogen-bond acceptors (Lipinski definition) is 5. The Kier molecular flexibility index (Phi) is 7.30. The van der Waals surface area contributed by atoms with Gasteiger partial charge in [-0.15, -0.1) is 0 Å². The van der Waals surface area contributed by atoms with E-state index in [0.717, 1.165) is 12.1 Å². The van der Waals surface area contributed by atoms with Gasteiger partial charge in [0, 0.05) is 31.9 Å². The van der Waals surface area contributed by atoms with Gasteiger partial charge in [-0.25, -0.2) is 8.78 Å². The molecular formula is C25H28F2N4O4. The van der Waals surface area contributed by atoms with E-state index in [4.69, 9.17) is 10.5 Å². The maximum absolute atomic E-state index is 14.2. The standard InChI is InChI=1S/C25H28F2N4O4/c1-2-20(32)29-21(14-8-10-35-11-9-14)25(34)31-13-15-12-16(28)6-7-17(15)23(31)24(33)30-22-18(26)4-3-5-19(22)27/h3-7,12,14,21,23H,2,8-11,13,28H2,1H3,(H,29,32)(H,30,33)/t21-,23?/m0/s1. The minimum absolute atomic E-state index is 0.0682. The van der Waals surface area contributed by atoms with Crippen molar-refractivity contribution in [1.29, 1.82) is 0 Å². The van der Waals surface area contributed by atoms with Crippen LogP contribution in [0.4, 0.5) is 20.2 Å². The minimum Gasteiger partial charge on any atom is -0.399 e. The van der Waals surface area contributed by atoms with E-state index in [9.17, 15) is 23.2 Å². The second-order valence-electron chi connectivity index (χ2n) is 8.76. The first-order chi connectivity index (χ1) is 16.8. The predicted molar refractivity (Wildman–Crippen MR) is 125 cm³/mol. The maximum atomic E-state index is 14.2. The van der Waals surface area contributed by atoms with Crippen molar-refractivity contribution >= 4 is 29.1 Å². The zero-order valence-electron chi connectivity index (χ0n) is 19.4. The van der Waals surface area contributed by atoms with Crippen LogP contribution in [0.1, 0.15) is 43.4 Å². The lowest BCUT2D eigenvalue weighted by Gasteiger charge is -2.34. The van der Waals surface area contributed by atoms with E-state index >= 15 is 0 Å². The van der Waals surface area contributed by atoms with Crippen molar-refractivity contribution in [2.75, 3.05) is 24.3 Å². The first-order valence-electron chi connectivity index (χ1n) is 11.6. The Balaban J connectivity index is 1.68. The molecular weight excluding hydrogens is 458 g/mol. The third-order valence-corrected chi connectivity index (χ3v) is 6.50. The largest absolute Gasteiger partial charge is 0.399 e. The quantitative estimate of drug-likeness (QED) is 0.544. The van der Waals surface area contributed by atoms with Crippen molar-refractivity contribution in [3.05, 3.63) is 59.2 Å². The Hall–Kier alpha value is -3.53. The van der Waals surface area contributed by atoms with Crippen LogP contribution in [0.5, 0.6) is 0 Å². The summed E-state index contributed by atoms with van der Waals surface area (Å²) in [4.78, 5) is 40.9. The van der Waals surface area contributed by atoms with Crippen molar-refractivity contribution < 1.29 is 27.9 Å². The summed E-state index contributed by atoms with van der Waals surface area (Å²) in [5, 5.41) is 5.13. The highest BCUT2D eigenvalue weighted by atomic mass is 19.1. The second-order valence-corrected chi connectivity index (χ2v) is 8.76. The molecule has 4 N–H and O–H groups in total. The highest BCUT2D eigenvalue weighted by molar-refractivity contribution is 6.00. The molecule has 3 amide bonds. The Morgan fingerprint density at radius 1 is 1.14 bits per heavy atom. The number of anilines is 2. The molecule has 2 aromatic carbocycles. The topological polar surface area (TPSA) is 114 Å². The number of carbonyl (C=O) groups is 3. The molecule has 4 rings (SSSR count). The first kappa shape index (κ1) is 24.6. The van der Waals surface area contributed by atoms with Gasteiger partial charge in [0.2, 0.25) is 11.8 Å². The van der Waals surface area contributed by atoms with E-state index < -0.39 is 41.2 Å². The lowest BCUT2D eigenvalue weighted by molar-refractivity contribution is -0.144. The van der Waals surface area contributed by atoms with E-state index in [1.165, 1.54) is 11.0 Å². The number of ether oxygens (including phenoxy) is 1. The molecule has 186 valence electrons. The van der Waals surface area contributed by atoms with Gasteiger partial charge < -0.3 is 26.0 Å². The van der Waals surface area contributed by atoms with Crippen LogP contribution in [-0.2, 0) is 25.7 Å². The Bertz CT molecular complexity index is 1120. The number of nitrogen functional groups attached to an aromatic ring is 1. The summed E-state index contributed by atoms with van der Waals surface area (Å²) in [5.41, 5.74) is 6.95. The number of para-hydroxylation sites is 1. The van der Waals surface area contributed by atoms with Gasteiger partial charge in [0.1, 0.15) is 29.4 Å². The number of carbonyl (C=O) groups excluding carboxylic acids is 3. The number of nitrogens with two attached hydrogens (primary N) is 1. The van der Waals surface area contributed by atoms with Gasteiger partial charge >= 0.3 is 0 Å². The molecule has 1 fully saturated rings. The molecule has 0 aliphatic carbocycles. The predicted octanol–water partition coefficient (Wildman–Crippen LogP) is 2.89. The van der Waals surface area contributed by atoms with Crippen LogP contribution in [0.15, 0.2) is 36.4 Å². The van der Waals surface area contributed by atoms with E-state index in [0.29, 0.717) is 42.9 Å². The maximum Gasteiger partial charge on any atom is 0.252 e. The lowest BCUT2D eigenvalue weighted by Crippen LogP contribution is -2.53. The third kappa shape index (κ3) is 5.12. The Labute approximate surface area is 201 Å². The number of rotatable bonds is 6. The molecule has 2 aromatic rings. The van der Waals surface area contributed by atoms with Crippen molar-refractivity contribution in [2.45, 2.75) is 44.8 Å². The van der Waals surface area contributed by atoms with Crippen LogP contribution in [0.2, 0.25) is 0 Å². The van der Waals surface area contributed by atoms with Crippen molar-refractivity contribution in [2.24, 2.45) is 5.92 Å². The van der Waals surface area contributed by atoms with Gasteiger partial charge in [-0.3, -0.25) is 14.4 Å². The summed E-state index contributed by atoms with van der Waals surface area (Å²) in [5.74, 6) is -3.52. The molecule has 0 saturated carbocycles. The number of benzene rings is 2. The number of nitrogens with one attached hydrogen (secondary N) is 2. The summed E-state index contributed by atoms with van der Waals surface area (Å²) in [6.45, 7) is 2.68. The summed E-state index contributed by atoms with van der Waals surface area (Å²) in [7, 11) is 0. The van der Waals surface area contributed by atoms with Gasteiger partial charge in [0.05, 0.1) is 0 Å². The number of amides is 3. The fourth-order valence-electron chi connectivity index (χ4n) is 4.65. The molecule has 2 heterocycles. The third-order valence-electron chi connectivity index (χ3n) is 6.50. The molecule has 2 atom stereocenters. The van der Waals surface area contributed by atoms with Crippen molar-refractivity contribution in [3.63, 3.8) is 0 Å². The molecule has 2 aliphatic heterocycles. The van der Waals surface area contributed by atoms with Crippen LogP contribution in [0.25, 0.3) is 0 Å². The van der Waals surface area contributed by atoms with Crippen LogP contribution in [0, 0.1) is 17.6 Å². The van der Waals surface area contributed by atoms with Crippen LogP contribution in [0.3, 0.4) is 0 Å². The van der Waals surface area contributed by atoms with Crippen LogP contribution in [-0.4, -0.2) is 41.9 Å². The molecule has 0 spiro atoms. The molecule has 0 aromatic heterocycles. The number of fused-ring (bicyclic) bond motifs is 1. The molecule has 1 unspecified atom stereocenters. The SMILES string of the molecule is CCC(=O)N[C@H](C(=O)N1Cc2cc(N)ccc2C1C(=O)Nc1c(F)cccc1F)C1CCOCC1. The number of halogens is 2. The monoisotopic (exact) mass is 486 g/mol. The van der Waals surface area contributed by atoms with Gasteiger partial charge in [0.25, 0.3) is 5.91 Å². The molecule has 8 nitrogen and oxygen atoms in total. The van der Waals surface area contributed by atoms with E-state index in [2.05, 4.69) is 10.6 Å². The first-order valence-corrected chi connectivity index (χ1v) is 11.6. The highest BCUT2D eigenvalue weighted by Gasteiger charge is 2.43. The van der Waals surface area contributed by atoms with Crippen molar-refractivity contribution in [3.8, 4) is 0 Å². The van der Waals surface area contributed by atoms with E-state index in [1.807, 2.05) is 0 Å². The van der Waals surface area contributed by atoms with Gasteiger partial charge in [0.15, 0.2) is 0 Å². The summed E-state index contributed by atoms with van der Waals surface area (Å²) < 4.78 is 33.9. The fraction of sp³-hybridized carbons (Fsp3) is 0.400. The van der Waals surface area contributed by atoms with Crippen LogP contribution < -0.4 is 16.4 Å². The summed E-state index contributed by atoms with van der Waals surface area (Å²) in [6.07, 6.45) is 1.34.